The first-order valence-electron chi connectivity index (χ1n) is 6.29. The summed E-state index contributed by atoms with van der Waals surface area (Å²) in [6.45, 7) is 0. The van der Waals surface area contributed by atoms with E-state index in [0.29, 0.717) is 0 Å². The Balaban J connectivity index is 1.78. The molecule has 3 nitrogen and oxygen atoms in total. The van der Waals surface area contributed by atoms with Crippen LogP contribution in [-0.2, 0) is 16.1 Å². The topological polar surface area (TPSA) is 38.7 Å². The third kappa shape index (κ3) is 1.58. The van der Waals surface area contributed by atoms with Crippen molar-refractivity contribution in [2.24, 2.45) is 5.16 Å². The molecule has 0 saturated carbocycles. The molecule has 0 aromatic heterocycles. The van der Waals surface area contributed by atoms with E-state index < -0.39 is 0 Å². The maximum absolute atomic E-state index is 11.1. The highest BCUT2D eigenvalue weighted by Crippen LogP contribution is 2.37. The quantitative estimate of drug-likeness (QED) is 0.622. The summed E-state index contributed by atoms with van der Waals surface area (Å²) in [6.07, 6.45) is 1.22. The smallest absolute Gasteiger partial charge is 0.318 e. The average molecular weight is 249 g/mol. The van der Waals surface area contributed by atoms with Gasteiger partial charge in [-0.2, -0.15) is 0 Å². The Morgan fingerprint density at radius 1 is 0.947 bits per heavy atom. The lowest BCUT2D eigenvalue weighted by atomic mass is 10.0. The van der Waals surface area contributed by atoms with Crippen LogP contribution in [0.2, 0.25) is 0 Å². The molecule has 92 valence electrons. The first-order chi connectivity index (χ1) is 9.31. The molecule has 0 bridgehead atoms. The minimum absolute atomic E-state index is 0.270. The van der Waals surface area contributed by atoms with Crippen molar-refractivity contribution in [1.82, 2.24) is 0 Å². The minimum Gasteiger partial charge on any atom is -0.318 e. The minimum atomic E-state index is -0.279. The molecule has 2 aliphatic rings. The Morgan fingerprint density at radius 3 is 2.63 bits per heavy atom. The fourth-order valence-corrected chi connectivity index (χ4v) is 2.79. The third-order valence-electron chi connectivity index (χ3n) is 3.70. The van der Waals surface area contributed by atoms with Crippen LogP contribution in [0.15, 0.2) is 47.6 Å². The van der Waals surface area contributed by atoms with Gasteiger partial charge in [-0.15, -0.1) is 0 Å². The van der Waals surface area contributed by atoms with Gasteiger partial charge in [0, 0.05) is 5.56 Å². The Morgan fingerprint density at radius 2 is 1.79 bits per heavy atom. The molecule has 0 unspecified atom stereocenters. The van der Waals surface area contributed by atoms with Crippen molar-refractivity contribution in [2.75, 3.05) is 0 Å². The predicted molar refractivity (Wildman–Crippen MR) is 71.9 cm³/mol. The van der Waals surface area contributed by atoms with E-state index in [0.717, 1.165) is 17.7 Å². The molecule has 0 saturated heterocycles. The van der Waals surface area contributed by atoms with Crippen molar-refractivity contribution < 1.29 is 9.63 Å². The van der Waals surface area contributed by atoms with Crippen LogP contribution in [0.5, 0.6) is 0 Å². The van der Waals surface area contributed by atoms with E-state index in [1.54, 1.807) is 0 Å². The molecule has 2 aromatic rings. The van der Waals surface area contributed by atoms with Crippen LogP contribution in [0, 0.1) is 0 Å². The normalized spacial score (nSPS) is 15.8. The van der Waals surface area contributed by atoms with Gasteiger partial charge in [-0.3, -0.25) is 0 Å². The molecule has 0 fully saturated rings. The van der Waals surface area contributed by atoms with E-state index in [-0.39, 0.29) is 12.4 Å². The van der Waals surface area contributed by atoms with Crippen molar-refractivity contribution in [3.63, 3.8) is 0 Å². The first-order valence-corrected chi connectivity index (χ1v) is 6.29. The van der Waals surface area contributed by atoms with Gasteiger partial charge in [-0.05, 0) is 34.7 Å². The number of carbonyl (C=O) groups is 1. The number of nitrogens with zero attached hydrogens (tertiary/aromatic N) is 1. The van der Waals surface area contributed by atoms with Gasteiger partial charge in [0.05, 0.1) is 12.1 Å². The molecule has 0 atom stereocenters. The van der Waals surface area contributed by atoms with Crippen LogP contribution >= 0.6 is 0 Å². The Kier molecular flexibility index (Phi) is 2.09. The maximum atomic E-state index is 11.1. The molecule has 19 heavy (non-hydrogen) atoms. The monoisotopic (exact) mass is 249 g/mol. The molecule has 0 amide bonds. The van der Waals surface area contributed by atoms with E-state index in [1.165, 1.54) is 22.3 Å². The SMILES string of the molecule is O=C1CC(c2ccc3c(c2)Cc2ccccc2-3)=NO1. The molecule has 0 N–H and O–H groups in total. The highest BCUT2D eigenvalue weighted by molar-refractivity contribution is 6.11. The fourth-order valence-electron chi connectivity index (χ4n) is 2.79. The van der Waals surface area contributed by atoms with Gasteiger partial charge >= 0.3 is 5.97 Å². The summed E-state index contributed by atoms with van der Waals surface area (Å²) in [7, 11) is 0. The number of fused-ring (bicyclic) bond motifs is 3. The lowest BCUT2D eigenvalue weighted by molar-refractivity contribution is -0.140. The van der Waals surface area contributed by atoms with Crippen LogP contribution in [0.25, 0.3) is 11.1 Å². The summed E-state index contributed by atoms with van der Waals surface area (Å²) in [5.41, 5.74) is 6.95. The number of oxime groups is 1. The van der Waals surface area contributed by atoms with Gasteiger partial charge in [0.1, 0.15) is 0 Å². The number of benzene rings is 2. The van der Waals surface area contributed by atoms with Crippen molar-refractivity contribution in [3.05, 3.63) is 59.2 Å². The van der Waals surface area contributed by atoms with Crippen LogP contribution in [0.1, 0.15) is 23.1 Å². The molecule has 4 rings (SSSR count). The van der Waals surface area contributed by atoms with Crippen LogP contribution < -0.4 is 0 Å². The highest BCUT2D eigenvalue weighted by atomic mass is 16.7. The second-order valence-electron chi connectivity index (χ2n) is 4.88. The molecular formula is C16H11NO2. The fraction of sp³-hybridized carbons (Fsp3) is 0.125. The van der Waals surface area contributed by atoms with Gasteiger partial charge in [0.2, 0.25) is 0 Å². The van der Waals surface area contributed by atoms with Crippen molar-refractivity contribution >= 4 is 11.7 Å². The zero-order valence-corrected chi connectivity index (χ0v) is 10.2. The van der Waals surface area contributed by atoms with Crippen LogP contribution in [0.4, 0.5) is 0 Å². The molecule has 0 radical (unpaired) electrons. The van der Waals surface area contributed by atoms with E-state index >= 15 is 0 Å². The summed E-state index contributed by atoms with van der Waals surface area (Å²) in [6, 6.07) is 14.7. The zero-order chi connectivity index (χ0) is 12.8. The average Bonchev–Trinajstić information content (AvgIpc) is 3.01. The Hall–Kier alpha value is -2.42. The van der Waals surface area contributed by atoms with Crippen molar-refractivity contribution in [2.45, 2.75) is 12.8 Å². The largest absolute Gasteiger partial charge is 0.341 e. The van der Waals surface area contributed by atoms with Crippen molar-refractivity contribution in [3.8, 4) is 11.1 Å². The highest BCUT2D eigenvalue weighted by Gasteiger charge is 2.22. The standard InChI is InChI=1S/C16H11NO2/c18-16-9-15(17-19-16)11-5-6-14-12(8-11)7-10-3-1-2-4-13(10)14/h1-6,8H,7,9H2. The van der Waals surface area contributed by atoms with E-state index in [1.807, 2.05) is 6.07 Å². The number of rotatable bonds is 1. The maximum Gasteiger partial charge on any atom is 0.341 e. The van der Waals surface area contributed by atoms with Gasteiger partial charge < -0.3 is 4.84 Å². The molecule has 2 aromatic carbocycles. The Labute approximate surface area is 110 Å². The lowest BCUT2D eigenvalue weighted by Crippen LogP contribution is -2.01. The van der Waals surface area contributed by atoms with Gasteiger partial charge in [-0.25, -0.2) is 4.79 Å². The van der Waals surface area contributed by atoms with Crippen molar-refractivity contribution in [1.29, 1.82) is 0 Å². The van der Waals surface area contributed by atoms with Gasteiger partial charge in [0.25, 0.3) is 0 Å². The number of hydrogen-bond acceptors (Lipinski definition) is 3. The second kappa shape index (κ2) is 3.79. The van der Waals surface area contributed by atoms with Crippen LogP contribution in [0.3, 0.4) is 0 Å². The summed E-state index contributed by atoms with van der Waals surface area (Å²) in [4.78, 5) is 15.8. The van der Waals surface area contributed by atoms with E-state index in [2.05, 4.69) is 46.4 Å². The van der Waals surface area contributed by atoms with E-state index in [4.69, 9.17) is 0 Å². The molecule has 0 spiro atoms. The summed E-state index contributed by atoms with van der Waals surface area (Å²) in [5, 5.41) is 3.83. The summed E-state index contributed by atoms with van der Waals surface area (Å²) < 4.78 is 0. The predicted octanol–water partition coefficient (Wildman–Crippen LogP) is 2.91. The lowest BCUT2D eigenvalue weighted by Gasteiger charge is -2.03. The molecule has 1 aliphatic heterocycles. The molecule has 1 aliphatic carbocycles. The molecular weight excluding hydrogens is 238 g/mol. The zero-order valence-electron chi connectivity index (χ0n) is 10.2. The summed E-state index contributed by atoms with van der Waals surface area (Å²) in [5.74, 6) is -0.279. The van der Waals surface area contributed by atoms with Gasteiger partial charge in [0.15, 0.2) is 0 Å². The molecule has 3 heteroatoms. The van der Waals surface area contributed by atoms with E-state index in [9.17, 15) is 4.79 Å². The second-order valence-corrected chi connectivity index (χ2v) is 4.88. The van der Waals surface area contributed by atoms with Crippen LogP contribution in [-0.4, -0.2) is 11.7 Å². The Bertz CT molecular complexity index is 731. The number of carbonyl (C=O) groups excluding carboxylic acids is 1. The molecule has 1 heterocycles. The number of hydrogen-bond donors (Lipinski definition) is 0. The summed E-state index contributed by atoms with van der Waals surface area (Å²) >= 11 is 0. The third-order valence-corrected chi connectivity index (χ3v) is 3.70. The van der Waals surface area contributed by atoms with Gasteiger partial charge in [-0.1, -0.05) is 41.6 Å². The first kappa shape index (κ1) is 10.5.